The van der Waals surface area contributed by atoms with E-state index in [1.54, 1.807) is 0 Å². The van der Waals surface area contributed by atoms with Crippen molar-refractivity contribution in [1.82, 2.24) is 4.37 Å². The molecule has 36 heavy (non-hydrogen) atoms. The van der Waals surface area contributed by atoms with Gasteiger partial charge in [0.05, 0.1) is 21.7 Å². The second kappa shape index (κ2) is 10.1. The van der Waals surface area contributed by atoms with Crippen LogP contribution in [0, 0.1) is 18.3 Å². The molecule has 5 rings (SSSR count). The van der Waals surface area contributed by atoms with Crippen LogP contribution in [0.1, 0.15) is 74.3 Å². The highest BCUT2D eigenvalue weighted by atomic mass is 32.1. The average molecular weight is 505 g/mol. The van der Waals surface area contributed by atoms with Crippen molar-refractivity contribution in [1.29, 1.82) is 0 Å². The Labute approximate surface area is 215 Å². The lowest BCUT2D eigenvalue weighted by molar-refractivity contribution is -0.146. The molecule has 2 N–H and O–H groups in total. The molecule has 0 bridgehead atoms. The zero-order valence-electron chi connectivity index (χ0n) is 20.7. The molecule has 6 nitrogen and oxygen atoms in total. The lowest BCUT2D eigenvalue weighted by atomic mass is 9.72. The van der Waals surface area contributed by atoms with Gasteiger partial charge >= 0.3 is 12.1 Å². The molecule has 2 saturated carbocycles. The van der Waals surface area contributed by atoms with E-state index in [1.807, 2.05) is 44.2 Å². The van der Waals surface area contributed by atoms with Gasteiger partial charge in [0.1, 0.15) is 6.10 Å². The second-order valence-electron chi connectivity index (χ2n) is 10.2. The van der Waals surface area contributed by atoms with Crippen molar-refractivity contribution < 1.29 is 19.4 Å². The molecule has 1 heterocycles. The Morgan fingerprint density at radius 3 is 2.33 bits per heavy atom. The maximum absolute atomic E-state index is 12.6. The van der Waals surface area contributed by atoms with Crippen LogP contribution in [0.2, 0.25) is 0 Å². The Morgan fingerprint density at radius 2 is 1.72 bits per heavy atom. The van der Waals surface area contributed by atoms with Crippen LogP contribution in [0.3, 0.4) is 0 Å². The molecule has 0 spiro atoms. The second-order valence-corrected chi connectivity index (χ2v) is 11.0. The van der Waals surface area contributed by atoms with E-state index in [1.165, 1.54) is 17.1 Å². The number of carbonyl (C=O) groups excluding carboxylic acids is 1. The third-order valence-electron chi connectivity index (χ3n) is 8.01. The number of aromatic nitrogens is 1. The van der Waals surface area contributed by atoms with Gasteiger partial charge in [0.2, 0.25) is 0 Å². The Hall–Kier alpha value is -3.19. The van der Waals surface area contributed by atoms with Crippen molar-refractivity contribution >= 4 is 29.3 Å². The van der Waals surface area contributed by atoms with Crippen molar-refractivity contribution in [3.63, 3.8) is 0 Å². The van der Waals surface area contributed by atoms with Crippen LogP contribution in [0.25, 0.3) is 10.4 Å². The largest absolute Gasteiger partial charge is 0.481 e. The van der Waals surface area contributed by atoms with Crippen molar-refractivity contribution in [3.05, 3.63) is 71.4 Å². The smallest absolute Gasteiger partial charge is 0.412 e. The predicted molar refractivity (Wildman–Crippen MR) is 141 cm³/mol. The van der Waals surface area contributed by atoms with Crippen molar-refractivity contribution in [2.75, 3.05) is 5.32 Å². The molecule has 0 radical (unpaired) electrons. The number of anilines is 1. The quantitative estimate of drug-likeness (QED) is 0.346. The predicted octanol–water partition coefficient (Wildman–Crippen LogP) is 7.57. The van der Waals surface area contributed by atoms with Gasteiger partial charge in [0.25, 0.3) is 0 Å². The van der Waals surface area contributed by atoms with Crippen molar-refractivity contribution in [2.45, 2.75) is 64.4 Å². The number of nitrogens with zero attached hydrogens (tertiary/aromatic N) is 1. The van der Waals surface area contributed by atoms with E-state index < -0.39 is 17.5 Å². The van der Waals surface area contributed by atoms with Gasteiger partial charge in [-0.25, -0.2) is 4.79 Å². The summed E-state index contributed by atoms with van der Waals surface area (Å²) in [5.41, 5.74) is 4.25. The topological polar surface area (TPSA) is 88.5 Å². The molecule has 1 aromatic heterocycles. The van der Waals surface area contributed by atoms with E-state index in [0.29, 0.717) is 17.5 Å². The first-order valence-electron chi connectivity index (χ1n) is 12.7. The zero-order valence-corrected chi connectivity index (χ0v) is 21.5. The van der Waals surface area contributed by atoms with Crippen molar-refractivity contribution in [3.8, 4) is 10.4 Å². The minimum absolute atomic E-state index is 0.323. The molecule has 1 amide bonds. The fraction of sp³-hybridized carbons (Fsp3) is 0.414. The van der Waals surface area contributed by atoms with Gasteiger partial charge < -0.3 is 9.84 Å². The Bertz CT molecular complexity index is 1230. The molecule has 2 aliphatic rings. The van der Waals surface area contributed by atoms with Gasteiger partial charge in [-0.05, 0) is 92.4 Å². The molecule has 7 heteroatoms. The van der Waals surface area contributed by atoms with E-state index in [4.69, 9.17) is 4.74 Å². The van der Waals surface area contributed by atoms with Gasteiger partial charge in [-0.1, -0.05) is 54.6 Å². The summed E-state index contributed by atoms with van der Waals surface area (Å²) >= 11 is 1.36. The maximum Gasteiger partial charge on any atom is 0.412 e. The van der Waals surface area contributed by atoms with Crippen LogP contribution in [-0.4, -0.2) is 21.5 Å². The molecular weight excluding hydrogens is 472 g/mol. The number of aliphatic carboxylic acids is 1. The molecule has 0 aliphatic heterocycles. The van der Waals surface area contributed by atoms with Crippen molar-refractivity contribution in [2.24, 2.45) is 11.3 Å². The van der Waals surface area contributed by atoms with Crippen LogP contribution >= 0.6 is 11.5 Å². The number of amides is 1. The first-order chi connectivity index (χ1) is 17.4. The molecule has 2 fully saturated rings. The molecular formula is C29H32N2O4S. The molecule has 2 aliphatic carbocycles. The van der Waals surface area contributed by atoms with Gasteiger partial charge in [0, 0.05) is 0 Å². The van der Waals surface area contributed by atoms with Gasteiger partial charge in [0.15, 0.2) is 0 Å². The average Bonchev–Trinajstić information content (AvgIpc) is 3.64. The summed E-state index contributed by atoms with van der Waals surface area (Å²) in [5.74, 6) is 0.191. The summed E-state index contributed by atoms with van der Waals surface area (Å²) < 4.78 is 10.1. The minimum Gasteiger partial charge on any atom is -0.481 e. The number of rotatable bonds is 7. The Kier molecular flexibility index (Phi) is 6.84. The molecule has 3 aromatic rings. The summed E-state index contributed by atoms with van der Waals surface area (Å²) in [5, 5.41) is 12.5. The highest BCUT2D eigenvalue weighted by molar-refractivity contribution is 7.10. The zero-order chi connectivity index (χ0) is 25.3. The third-order valence-corrected chi connectivity index (χ3v) is 9.00. The molecule has 1 atom stereocenters. The summed E-state index contributed by atoms with van der Waals surface area (Å²) in [4.78, 5) is 25.2. The lowest BCUT2D eigenvalue weighted by Gasteiger charge is -2.32. The monoisotopic (exact) mass is 504 g/mol. The number of aryl methyl sites for hydroxylation is 1. The number of carboxylic acids is 1. The van der Waals surface area contributed by atoms with E-state index >= 15 is 0 Å². The normalized spacial score (nSPS) is 21.4. The fourth-order valence-corrected chi connectivity index (χ4v) is 6.47. The van der Waals surface area contributed by atoms with Gasteiger partial charge in [-0.3, -0.25) is 10.1 Å². The highest BCUT2D eigenvalue weighted by Crippen LogP contribution is 2.57. The Balaban J connectivity index is 1.23. The van der Waals surface area contributed by atoms with Crippen LogP contribution in [0.4, 0.5) is 10.5 Å². The van der Waals surface area contributed by atoms with E-state index in [0.717, 1.165) is 60.2 Å². The first kappa shape index (κ1) is 24.5. The Morgan fingerprint density at radius 1 is 1.06 bits per heavy atom. The SMILES string of the molecule is Cc1nsc(-c2ccc(C3CCC(C4(C(=O)O)CC4)CC3)cc2)c1NC(=O)O[C@H](C)c1ccccc1. The van der Waals surface area contributed by atoms with Crippen LogP contribution in [-0.2, 0) is 9.53 Å². The number of carbonyl (C=O) groups is 2. The van der Waals surface area contributed by atoms with Gasteiger partial charge in [-0.15, -0.1) is 0 Å². The number of benzene rings is 2. The van der Waals surface area contributed by atoms with E-state index in [9.17, 15) is 14.7 Å². The van der Waals surface area contributed by atoms with E-state index in [-0.39, 0.29) is 6.10 Å². The number of nitrogens with one attached hydrogen (secondary N) is 1. The first-order valence-corrected chi connectivity index (χ1v) is 13.5. The minimum atomic E-state index is -0.599. The standard InChI is InChI=1S/C29H32N2O4S/c1-18-25(30-28(34)35-19(2)20-6-4-3-5-7-20)26(36-31-18)23-10-8-21(9-11-23)22-12-14-24(15-13-22)29(16-17-29)27(32)33/h3-11,19,22,24H,12-17H2,1-2H3,(H,30,34)(H,32,33)/t19-,22?,24?/m1/s1. The molecule has 2 aromatic carbocycles. The van der Waals surface area contributed by atoms with Crippen LogP contribution in [0.5, 0.6) is 0 Å². The summed E-state index contributed by atoms with van der Waals surface area (Å²) in [7, 11) is 0. The molecule has 0 saturated heterocycles. The highest BCUT2D eigenvalue weighted by Gasteiger charge is 2.56. The third kappa shape index (κ3) is 4.89. The number of ether oxygens (including phenoxy) is 1. The maximum atomic E-state index is 12.6. The van der Waals surface area contributed by atoms with E-state index in [2.05, 4.69) is 34.0 Å². The summed E-state index contributed by atoms with van der Waals surface area (Å²) in [6.45, 7) is 3.74. The van der Waals surface area contributed by atoms with Crippen LogP contribution in [0.15, 0.2) is 54.6 Å². The summed E-state index contributed by atoms with van der Waals surface area (Å²) in [6, 6.07) is 18.2. The van der Waals surface area contributed by atoms with Gasteiger partial charge in [-0.2, -0.15) is 4.37 Å². The summed E-state index contributed by atoms with van der Waals surface area (Å²) in [6.07, 6.45) is 4.88. The lowest BCUT2D eigenvalue weighted by Crippen LogP contribution is -2.28. The number of hydrogen-bond acceptors (Lipinski definition) is 5. The molecule has 188 valence electrons. The fourth-order valence-electron chi connectivity index (χ4n) is 5.62. The number of carboxylic acid groups (broad SMARTS) is 1. The van der Waals surface area contributed by atoms with Crippen LogP contribution < -0.4 is 5.32 Å². The molecule has 0 unspecified atom stereocenters. The number of hydrogen-bond donors (Lipinski definition) is 2.